The number of nitrogens with zero attached hydrogens (tertiary/aromatic N) is 2. The highest BCUT2D eigenvalue weighted by Gasteiger charge is 2.06. The SMILES string of the molecule is CN(C)c1ccc(NC(=O)c2cccc(I)c2)cn1. The van der Waals surface area contributed by atoms with Crippen LogP contribution in [0.1, 0.15) is 10.4 Å². The molecule has 0 aliphatic heterocycles. The Balaban J connectivity index is 2.10. The predicted molar refractivity (Wildman–Crippen MR) is 85.7 cm³/mol. The van der Waals surface area contributed by atoms with Crippen LogP contribution in [0.2, 0.25) is 0 Å². The molecule has 1 amide bonds. The van der Waals surface area contributed by atoms with Gasteiger partial charge in [-0.05, 0) is 52.9 Å². The molecule has 19 heavy (non-hydrogen) atoms. The van der Waals surface area contributed by atoms with Gasteiger partial charge in [0.25, 0.3) is 5.91 Å². The van der Waals surface area contributed by atoms with Gasteiger partial charge in [0.2, 0.25) is 0 Å². The summed E-state index contributed by atoms with van der Waals surface area (Å²) in [5.41, 5.74) is 1.33. The molecule has 1 N–H and O–H groups in total. The van der Waals surface area contributed by atoms with Crippen LogP contribution in [0.25, 0.3) is 0 Å². The van der Waals surface area contributed by atoms with Crippen LogP contribution in [0.4, 0.5) is 11.5 Å². The standard InChI is InChI=1S/C14H14IN3O/c1-18(2)13-7-6-12(9-16-13)17-14(19)10-4-3-5-11(15)8-10/h3-9H,1-2H3,(H,17,19). The summed E-state index contributed by atoms with van der Waals surface area (Å²) in [7, 11) is 3.85. The van der Waals surface area contributed by atoms with Gasteiger partial charge in [-0.3, -0.25) is 4.79 Å². The fraction of sp³-hybridized carbons (Fsp3) is 0.143. The third kappa shape index (κ3) is 3.66. The quantitative estimate of drug-likeness (QED) is 0.849. The predicted octanol–water partition coefficient (Wildman–Crippen LogP) is 3.00. The second-order valence-electron chi connectivity index (χ2n) is 4.26. The van der Waals surface area contributed by atoms with Crippen LogP contribution in [-0.4, -0.2) is 25.0 Å². The van der Waals surface area contributed by atoms with Crippen molar-refractivity contribution in [2.24, 2.45) is 0 Å². The lowest BCUT2D eigenvalue weighted by atomic mass is 10.2. The number of amides is 1. The summed E-state index contributed by atoms with van der Waals surface area (Å²) in [5, 5.41) is 2.83. The van der Waals surface area contributed by atoms with Gasteiger partial charge in [-0.25, -0.2) is 4.98 Å². The lowest BCUT2D eigenvalue weighted by Crippen LogP contribution is -2.13. The first-order chi connectivity index (χ1) is 9.06. The molecule has 0 saturated carbocycles. The van der Waals surface area contributed by atoms with E-state index in [9.17, 15) is 4.79 Å². The number of anilines is 2. The highest BCUT2D eigenvalue weighted by Crippen LogP contribution is 2.14. The first-order valence-corrected chi connectivity index (χ1v) is 6.84. The number of carbonyl (C=O) groups is 1. The Bertz CT molecular complexity index is 581. The van der Waals surface area contributed by atoms with Crippen molar-refractivity contribution in [2.45, 2.75) is 0 Å². The van der Waals surface area contributed by atoms with Gasteiger partial charge in [-0.1, -0.05) is 6.07 Å². The van der Waals surface area contributed by atoms with Gasteiger partial charge in [0, 0.05) is 23.2 Å². The average molecular weight is 367 g/mol. The van der Waals surface area contributed by atoms with E-state index in [2.05, 4.69) is 32.9 Å². The molecule has 2 rings (SSSR count). The largest absolute Gasteiger partial charge is 0.363 e. The lowest BCUT2D eigenvalue weighted by molar-refractivity contribution is 0.102. The maximum atomic E-state index is 12.0. The average Bonchev–Trinajstić information content (AvgIpc) is 2.39. The van der Waals surface area contributed by atoms with Gasteiger partial charge >= 0.3 is 0 Å². The van der Waals surface area contributed by atoms with E-state index in [-0.39, 0.29) is 5.91 Å². The molecule has 4 nitrogen and oxygen atoms in total. The van der Waals surface area contributed by atoms with Crippen LogP contribution >= 0.6 is 22.6 Å². The smallest absolute Gasteiger partial charge is 0.255 e. The van der Waals surface area contributed by atoms with E-state index in [1.165, 1.54) is 0 Å². The first-order valence-electron chi connectivity index (χ1n) is 5.76. The van der Waals surface area contributed by atoms with Crippen molar-refractivity contribution in [2.75, 3.05) is 24.3 Å². The van der Waals surface area contributed by atoms with E-state index in [0.717, 1.165) is 9.39 Å². The monoisotopic (exact) mass is 367 g/mol. The molecule has 0 bridgehead atoms. The second kappa shape index (κ2) is 6.01. The second-order valence-corrected chi connectivity index (χ2v) is 5.51. The van der Waals surface area contributed by atoms with Crippen molar-refractivity contribution in [1.29, 1.82) is 0 Å². The summed E-state index contributed by atoms with van der Waals surface area (Å²) < 4.78 is 1.03. The summed E-state index contributed by atoms with van der Waals surface area (Å²) in [6.45, 7) is 0. The number of hydrogen-bond acceptors (Lipinski definition) is 3. The molecular weight excluding hydrogens is 353 g/mol. The molecule has 5 heteroatoms. The number of benzene rings is 1. The minimum absolute atomic E-state index is 0.127. The minimum atomic E-state index is -0.127. The van der Waals surface area contributed by atoms with Crippen molar-refractivity contribution in [1.82, 2.24) is 4.98 Å². The van der Waals surface area contributed by atoms with Crippen molar-refractivity contribution in [3.63, 3.8) is 0 Å². The molecule has 2 aromatic rings. The zero-order valence-corrected chi connectivity index (χ0v) is 12.9. The lowest BCUT2D eigenvalue weighted by Gasteiger charge is -2.11. The van der Waals surface area contributed by atoms with Crippen molar-refractivity contribution < 1.29 is 4.79 Å². The van der Waals surface area contributed by atoms with Gasteiger partial charge < -0.3 is 10.2 Å². The van der Waals surface area contributed by atoms with E-state index >= 15 is 0 Å². The maximum Gasteiger partial charge on any atom is 0.255 e. The van der Waals surface area contributed by atoms with Crippen molar-refractivity contribution in [3.05, 3.63) is 51.7 Å². The Kier molecular flexibility index (Phi) is 4.36. The molecule has 0 unspecified atom stereocenters. The molecule has 98 valence electrons. The third-order valence-electron chi connectivity index (χ3n) is 2.55. The third-order valence-corrected chi connectivity index (χ3v) is 3.22. The molecular formula is C14H14IN3O. The van der Waals surface area contributed by atoms with E-state index in [0.29, 0.717) is 11.3 Å². The topological polar surface area (TPSA) is 45.2 Å². The van der Waals surface area contributed by atoms with Crippen molar-refractivity contribution in [3.8, 4) is 0 Å². The summed E-state index contributed by atoms with van der Waals surface area (Å²) in [6, 6.07) is 11.2. The molecule has 0 saturated heterocycles. The molecule has 0 spiro atoms. The highest BCUT2D eigenvalue weighted by molar-refractivity contribution is 14.1. The fourth-order valence-electron chi connectivity index (χ4n) is 1.56. The maximum absolute atomic E-state index is 12.0. The molecule has 1 aromatic carbocycles. The van der Waals surface area contributed by atoms with Crippen LogP contribution in [-0.2, 0) is 0 Å². The number of aromatic nitrogens is 1. The zero-order chi connectivity index (χ0) is 13.8. The Morgan fingerprint density at radius 1 is 1.26 bits per heavy atom. The van der Waals surface area contributed by atoms with E-state index in [1.54, 1.807) is 12.3 Å². The van der Waals surface area contributed by atoms with Crippen LogP contribution in [0, 0.1) is 3.57 Å². The van der Waals surface area contributed by atoms with Gasteiger partial charge in [-0.15, -0.1) is 0 Å². The number of rotatable bonds is 3. The minimum Gasteiger partial charge on any atom is -0.363 e. The Labute approximate surface area is 126 Å². The summed E-state index contributed by atoms with van der Waals surface area (Å²) in [6.07, 6.45) is 1.65. The van der Waals surface area contributed by atoms with Crippen LogP contribution in [0.3, 0.4) is 0 Å². The first kappa shape index (κ1) is 13.8. The van der Waals surface area contributed by atoms with Crippen LogP contribution in [0.15, 0.2) is 42.6 Å². The molecule has 0 aliphatic carbocycles. The van der Waals surface area contributed by atoms with E-state index in [4.69, 9.17) is 0 Å². The molecule has 1 heterocycles. The molecule has 0 aliphatic rings. The number of nitrogens with one attached hydrogen (secondary N) is 1. The zero-order valence-electron chi connectivity index (χ0n) is 10.7. The van der Waals surface area contributed by atoms with Gasteiger partial charge in [0.1, 0.15) is 5.82 Å². The van der Waals surface area contributed by atoms with Crippen LogP contribution in [0.5, 0.6) is 0 Å². The Hall–Kier alpha value is -1.63. The van der Waals surface area contributed by atoms with Gasteiger partial charge in [0.05, 0.1) is 11.9 Å². The molecule has 0 fully saturated rings. The van der Waals surface area contributed by atoms with Gasteiger partial charge in [-0.2, -0.15) is 0 Å². The molecule has 1 aromatic heterocycles. The molecule has 0 radical (unpaired) electrons. The van der Waals surface area contributed by atoms with Crippen molar-refractivity contribution >= 4 is 40.0 Å². The number of hydrogen-bond donors (Lipinski definition) is 1. The van der Waals surface area contributed by atoms with E-state index in [1.807, 2.05) is 49.3 Å². The number of carbonyl (C=O) groups excluding carboxylic acids is 1. The number of halogens is 1. The van der Waals surface area contributed by atoms with Crippen LogP contribution < -0.4 is 10.2 Å². The fourth-order valence-corrected chi connectivity index (χ4v) is 2.10. The highest BCUT2D eigenvalue weighted by atomic mass is 127. The summed E-state index contributed by atoms with van der Waals surface area (Å²) in [5.74, 6) is 0.727. The summed E-state index contributed by atoms with van der Waals surface area (Å²) >= 11 is 2.18. The summed E-state index contributed by atoms with van der Waals surface area (Å²) in [4.78, 5) is 18.2. The Morgan fingerprint density at radius 3 is 2.63 bits per heavy atom. The molecule has 0 atom stereocenters. The number of pyridine rings is 1. The Morgan fingerprint density at radius 2 is 2.05 bits per heavy atom. The van der Waals surface area contributed by atoms with E-state index < -0.39 is 0 Å². The van der Waals surface area contributed by atoms with Gasteiger partial charge in [0.15, 0.2) is 0 Å². The normalized spacial score (nSPS) is 10.1.